The highest BCUT2D eigenvalue weighted by molar-refractivity contribution is 6.10. The van der Waals surface area contributed by atoms with Crippen molar-refractivity contribution >= 4 is 28.4 Å². The fraction of sp³-hybridized carbons (Fsp3) is 0.370. The van der Waals surface area contributed by atoms with Crippen molar-refractivity contribution in [2.75, 3.05) is 31.9 Å². The molecule has 1 aromatic heterocycles. The maximum absolute atomic E-state index is 5.83. The number of pyridine rings is 1. The highest BCUT2D eigenvalue weighted by atomic mass is 35.5. The van der Waals surface area contributed by atoms with Gasteiger partial charge in [-0.25, -0.2) is 0 Å². The summed E-state index contributed by atoms with van der Waals surface area (Å²) in [5.41, 5.74) is 13.1. The molecule has 0 amide bonds. The van der Waals surface area contributed by atoms with Gasteiger partial charge in [0.2, 0.25) is 6.79 Å². The zero-order chi connectivity index (χ0) is 22.4. The van der Waals surface area contributed by atoms with Crippen LogP contribution >= 0.6 is 0 Å². The number of ether oxygens (including phenoxy) is 3. The third kappa shape index (κ3) is 3.65. The topological polar surface area (TPSA) is 60.8 Å². The molecule has 6 nitrogen and oxygen atoms in total. The Labute approximate surface area is 206 Å². The van der Waals surface area contributed by atoms with Crippen LogP contribution in [0.15, 0.2) is 36.5 Å². The zero-order valence-corrected chi connectivity index (χ0v) is 20.2. The first-order valence-corrected chi connectivity index (χ1v) is 11.9. The van der Waals surface area contributed by atoms with E-state index >= 15 is 0 Å². The second-order valence-electron chi connectivity index (χ2n) is 8.97. The van der Waals surface area contributed by atoms with E-state index in [0.29, 0.717) is 6.79 Å². The van der Waals surface area contributed by atoms with Crippen molar-refractivity contribution in [3.63, 3.8) is 0 Å². The molecule has 0 aliphatic carbocycles. The SMILES string of the molecule is COc1ccc2c3c(cc[n+](CCCCCCN)c13)N1CCc3cc4c(cc3C1=C2)OCO4.[Cl-]. The number of rotatable bonds is 7. The largest absolute Gasteiger partial charge is 1.00 e. The monoisotopic (exact) mass is 479 g/mol. The van der Waals surface area contributed by atoms with E-state index in [1.165, 1.54) is 51.8 Å². The van der Waals surface area contributed by atoms with Gasteiger partial charge in [-0.05, 0) is 61.2 Å². The number of aryl methyl sites for hydroxylation is 1. The molecule has 4 heterocycles. The molecule has 7 heteroatoms. The first-order valence-electron chi connectivity index (χ1n) is 11.9. The normalized spacial score (nSPS) is 14.9. The van der Waals surface area contributed by atoms with E-state index in [2.05, 4.69) is 52.1 Å². The molecule has 0 radical (unpaired) electrons. The van der Waals surface area contributed by atoms with E-state index in [1.54, 1.807) is 7.11 Å². The molecule has 34 heavy (non-hydrogen) atoms. The van der Waals surface area contributed by atoms with Crippen LogP contribution in [0.3, 0.4) is 0 Å². The first-order chi connectivity index (χ1) is 16.3. The molecule has 0 bridgehead atoms. The van der Waals surface area contributed by atoms with Crippen LogP contribution in [0.25, 0.3) is 22.7 Å². The van der Waals surface area contributed by atoms with E-state index in [9.17, 15) is 0 Å². The van der Waals surface area contributed by atoms with Gasteiger partial charge in [-0.15, -0.1) is 0 Å². The summed E-state index contributed by atoms with van der Waals surface area (Å²) in [6.45, 7) is 2.99. The van der Waals surface area contributed by atoms with E-state index in [1.807, 2.05) is 0 Å². The lowest BCUT2D eigenvalue weighted by atomic mass is 9.90. The number of hydrogen-bond donors (Lipinski definition) is 1. The van der Waals surface area contributed by atoms with Crippen LogP contribution in [0, 0.1) is 0 Å². The fourth-order valence-corrected chi connectivity index (χ4v) is 5.42. The Bertz CT molecular complexity index is 1270. The van der Waals surface area contributed by atoms with Crippen LogP contribution < -0.4 is 41.8 Å². The Morgan fingerprint density at radius 2 is 1.88 bits per heavy atom. The molecule has 0 spiro atoms. The number of fused-ring (bicyclic) bond motifs is 5. The van der Waals surface area contributed by atoms with E-state index in [-0.39, 0.29) is 12.4 Å². The first kappa shape index (κ1) is 22.8. The zero-order valence-electron chi connectivity index (χ0n) is 19.5. The highest BCUT2D eigenvalue weighted by Crippen LogP contribution is 2.47. The number of anilines is 1. The minimum atomic E-state index is 0. The second kappa shape index (κ2) is 9.35. The van der Waals surface area contributed by atoms with Crippen molar-refractivity contribution < 1.29 is 31.2 Å². The van der Waals surface area contributed by atoms with Gasteiger partial charge in [-0.3, -0.25) is 0 Å². The van der Waals surface area contributed by atoms with Gasteiger partial charge in [-0.1, -0.05) is 12.5 Å². The minimum Gasteiger partial charge on any atom is -1.00 e. The predicted octanol–water partition coefficient (Wildman–Crippen LogP) is 1.26. The number of hydrogen-bond acceptors (Lipinski definition) is 5. The van der Waals surface area contributed by atoms with Crippen LogP contribution in [-0.4, -0.2) is 27.0 Å². The lowest BCUT2D eigenvalue weighted by Gasteiger charge is -2.36. The van der Waals surface area contributed by atoms with Gasteiger partial charge in [0.15, 0.2) is 23.4 Å². The van der Waals surface area contributed by atoms with Crippen molar-refractivity contribution in [2.24, 2.45) is 5.73 Å². The Hall–Kier alpha value is -2.96. The molecule has 0 saturated carbocycles. The van der Waals surface area contributed by atoms with Crippen LogP contribution in [0.2, 0.25) is 0 Å². The average Bonchev–Trinajstić information content (AvgIpc) is 3.31. The van der Waals surface area contributed by atoms with Gasteiger partial charge in [-0.2, -0.15) is 4.57 Å². The molecular formula is C27H30ClN3O3. The number of benzene rings is 2. The second-order valence-corrected chi connectivity index (χ2v) is 8.97. The quantitative estimate of drug-likeness (QED) is 0.408. The third-order valence-corrected chi connectivity index (χ3v) is 7.05. The van der Waals surface area contributed by atoms with Gasteiger partial charge in [0.25, 0.3) is 5.52 Å². The lowest BCUT2D eigenvalue weighted by molar-refractivity contribution is -0.672. The lowest BCUT2D eigenvalue weighted by Crippen LogP contribution is -3.00. The van der Waals surface area contributed by atoms with E-state index < -0.39 is 0 Å². The van der Waals surface area contributed by atoms with Gasteiger partial charge in [0.05, 0.1) is 18.2 Å². The predicted molar refractivity (Wildman–Crippen MR) is 130 cm³/mol. The number of aromatic nitrogens is 1. The molecule has 2 N–H and O–H groups in total. The van der Waals surface area contributed by atoms with Gasteiger partial charge in [0, 0.05) is 30.3 Å². The maximum Gasteiger partial charge on any atom is 0.257 e. The van der Waals surface area contributed by atoms with Gasteiger partial charge >= 0.3 is 0 Å². The summed E-state index contributed by atoms with van der Waals surface area (Å²) in [5.74, 6) is 2.62. The number of methoxy groups -OCH3 is 1. The smallest absolute Gasteiger partial charge is 0.257 e. The summed E-state index contributed by atoms with van der Waals surface area (Å²) in [5, 5.41) is 1.27. The van der Waals surface area contributed by atoms with Crippen molar-refractivity contribution in [2.45, 2.75) is 38.6 Å². The Morgan fingerprint density at radius 3 is 2.71 bits per heavy atom. The molecule has 0 fully saturated rings. The number of nitrogens with two attached hydrogens (primary N) is 1. The maximum atomic E-state index is 5.83. The van der Waals surface area contributed by atoms with Crippen molar-refractivity contribution in [3.8, 4) is 17.2 Å². The molecule has 178 valence electrons. The van der Waals surface area contributed by atoms with Crippen molar-refractivity contribution in [3.05, 3.63) is 53.2 Å². The van der Waals surface area contributed by atoms with Crippen LogP contribution in [0.5, 0.6) is 17.2 Å². The van der Waals surface area contributed by atoms with E-state index in [0.717, 1.165) is 56.1 Å². The van der Waals surface area contributed by atoms with E-state index in [4.69, 9.17) is 19.9 Å². The van der Waals surface area contributed by atoms with Crippen LogP contribution in [0.1, 0.15) is 42.4 Å². The molecule has 0 unspecified atom stereocenters. The van der Waals surface area contributed by atoms with Crippen molar-refractivity contribution in [1.29, 1.82) is 0 Å². The standard InChI is InChI=1S/C27H30N3O3.ClH/c1-31-23-7-6-19-14-22-20-16-25-24(32-17-33-25)15-18(20)8-13-30(22)21-9-12-29(27(23)26(19)21)11-5-3-2-4-10-28;/h6-7,9,12,14-16H,2-5,8,10-11,13,17,28H2,1H3;1H/q+1;/p-1. The Kier molecular flexibility index (Phi) is 6.28. The summed E-state index contributed by atoms with van der Waals surface area (Å²) in [4.78, 5) is 2.45. The molecule has 3 aliphatic heterocycles. The highest BCUT2D eigenvalue weighted by Gasteiger charge is 2.32. The van der Waals surface area contributed by atoms with Gasteiger partial charge < -0.3 is 37.3 Å². The molecule has 3 aromatic rings. The molecule has 0 atom stereocenters. The average molecular weight is 480 g/mol. The summed E-state index contributed by atoms with van der Waals surface area (Å²) >= 11 is 0. The summed E-state index contributed by atoms with van der Waals surface area (Å²) in [7, 11) is 1.76. The molecule has 3 aliphatic rings. The number of halogens is 1. The summed E-state index contributed by atoms with van der Waals surface area (Å²) < 4.78 is 19.5. The molecular weight excluding hydrogens is 450 g/mol. The summed E-state index contributed by atoms with van der Waals surface area (Å²) in [6.07, 6.45) is 10.1. The Balaban J connectivity index is 0.00000241. The molecule has 6 rings (SSSR count). The summed E-state index contributed by atoms with van der Waals surface area (Å²) in [6, 6.07) is 10.9. The molecule has 2 aromatic carbocycles. The minimum absolute atomic E-state index is 0. The van der Waals surface area contributed by atoms with Crippen molar-refractivity contribution in [1.82, 2.24) is 0 Å². The fourth-order valence-electron chi connectivity index (χ4n) is 5.42. The number of nitrogens with zero attached hydrogens (tertiary/aromatic N) is 2. The van der Waals surface area contributed by atoms with Gasteiger partial charge in [0.1, 0.15) is 6.54 Å². The third-order valence-electron chi connectivity index (χ3n) is 7.05. The van der Waals surface area contributed by atoms with Crippen LogP contribution in [0.4, 0.5) is 5.69 Å². The number of unbranched alkanes of at least 4 members (excludes halogenated alkanes) is 3. The van der Waals surface area contributed by atoms with Crippen LogP contribution in [-0.2, 0) is 13.0 Å². The molecule has 0 saturated heterocycles. The Morgan fingerprint density at radius 1 is 1.06 bits per heavy atom.